The summed E-state index contributed by atoms with van der Waals surface area (Å²) < 4.78 is 0. The van der Waals surface area contributed by atoms with Crippen molar-refractivity contribution < 1.29 is 4.79 Å². The monoisotopic (exact) mass is 265 g/mol. The van der Waals surface area contributed by atoms with E-state index in [-0.39, 0.29) is 24.0 Å². The van der Waals surface area contributed by atoms with E-state index in [1.807, 2.05) is 12.3 Å². The van der Waals surface area contributed by atoms with Crippen LogP contribution in [0.15, 0.2) is 5.38 Å². The lowest BCUT2D eigenvalue weighted by molar-refractivity contribution is 0.239. The smallest absolute Gasteiger partial charge is 0.316 e. The molecule has 1 atom stereocenters. The first-order valence-electron chi connectivity index (χ1n) is 5.78. The van der Waals surface area contributed by atoms with Crippen LogP contribution >= 0.6 is 11.3 Å². The largest absolute Gasteiger partial charge is 0.329 e. The highest BCUT2D eigenvalue weighted by Gasteiger charge is 2.20. The Morgan fingerprint density at radius 2 is 2.28 bits per heavy atom. The number of nitrogens with zero attached hydrogens (tertiary/aromatic N) is 1. The molecule has 18 heavy (non-hydrogen) atoms. The summed E-state index contributed by atoms with van der Waals surface area (Å²) in [7, 11) is 0. The van der Waals surface area contributed by atoms with E-state index >= 15 is 0 Å². The highest BCUT2D eigenvalue weighted by molar-refractivity contribution is 7.09. The van der Waals surface area contributed by atoms with Crippen molar-refractivity contribution in [1.82, 2.24) is 15.6 Å². The minimum Gasteiger partial charge on any atom is -0.329 e. The van der Waals surface area contributed by atoms with Crippen LogP contribution in [0.4, 0.5) is 4.79 Å². The second-order valence-electron chi connectivity index (χ2n) is 5.07. The summed E-state index contributed by atoms with van der Waals surface area (Å²) in [5.74, 6) is 2.35. The fourth-order valence-corrected chi connectivity index (χ4v) is 2.32. The summed E-state index contributed by atoms with van der Waals surface area (Å²) in [6.45, 7) is 8.47. The van der Waals surface area contributed by atoms with Gasteiger partial charge in [-0.1, -0.05) is 26.7 Å². The molecule has 0 fully saturated rings. The maximum Gasteiger partial charge on any atom is 0.316 e. The van der Waals surface area contributed by atoms with Gasteiger partial charge in [0.2, 0.25) is 0 Å². The molecule has 0 aliphatic heterocycles. The van der Waals surface area contributed by atoms with E-state index in [0.717, 1.165) is 10.7 Å². The zero-order chi connectivity index (χ0) is 13.8. The Kier molecular flexibility index (Phi) is 4.74. The summed E-state index contributed by atoms with van der Waals surface area (Å²) in [6.07, 6.45) is 5.07. The molecule has 0 aliphatic rings. The lowest BCUT2D eigenvalue weighted by atomic mass is 9.93. The van der Waals surface area contributed by atoms with Crippen molar-refractivity contribution in [1.29, 1.82) is 0 Å². The van der Waals surface area contributed by atoms with E-state index in [1.165, 1.54) is 0 Å². The molecule has 0 radical (unpaired) electrons. The average molecular weight is 265 g/mol. The van der Waals surface area contributed by atoms with Crippen LogP contribution in [0.25, 0.3) is 0 Å². The number of carbonyl (C=O) groups is 1. The highest BCUT2D eigenvalue weighted by Crippen LogP contribution is 2.26. The van der Waals surface area contributed by atoms with E-state index in [1.54, 1.807) is 11.3 Å². The SMILES string of the molecule is C#CCNC(=O)N[C@@H](C)c1nc(C(C)(C)C)cs1. The fraction of sp³-hybridized carbons (Fsp3) is 0.538. The average Bonchev–Trinajstić information content (AvgIpc) is 2.75. The van der Waals surface area contributed by atoms with Crippen LogP contribution in [0.1, 0.15) is 44.4 Å². The third kappa shape index (κ3) is 4.04. The quantitative estimate of drug-likeness (QED) is 0.825. The minimum atomic E-state index is -0.270. The van der Waals surface area contributed by atoms with E-state index in [0.29, 0.717) is 0 Å². The van der Waals surface area contributed by atoms with E-state index in [9.17, 15) is 4.79 Å². The van der Waals surface area contributed by atoms with Crippen molar-refractivity contribution >= 4 is 17.4 Å². The number of amides is 2. The number of aromatic nitrogens is 1. The van der Waals surface area contributed by atoms with Crippen molar-refractivity contribution in [2.45, 2.75) is 39.2 Å². The van der Waals surface area contributed by atoms with Gasteiger partial charge in [-0.2, -0.15) is 0 Å². The van der Waals surface area contributed by atoms with Crippen molar-refractivity contribution in [2.24, 2.45) is 0 Å². The number of thiazole rings is 1. The molecule has 5 heteroatoms. The molecule has 0 aliphatic carbocycles. The molecule has 0 bridgehead atoms. The maximum absolute atomic E-state index is 11.4. The summed E-state index contributed by atoms with van der Waals surface area (Å²) in [5.41, 5.74) is 1.07. The van der Waals surface area contributed by atoms with Gasteiger partial charge >= 0.3 is 6.03 Å². The number of carbonyl (C=O) groups excluding carboxylic acids is 1. The molecular formula is C13H19N3OS. The Balaban J connectivity index is 2.62. The van der Waals surface area contributed by atoms with Crippen LogP contribution in [0.3, 0.4) is 0 Å². The number of hydrogen-bond donors (Lipinski definition) is 2. The van der Waals surface area contributed by atoms with Crippen molar-refractivity contribution in [3.63, 3.8) is 0 Å². The molecule has 0 saturated carbocycles. The number of rotatable bonds is 3. The summed E-state index contributed by atoms with van der Waals surface area (Å²) in [4.78, 5) is 16.0. The van der Waals surface area contributed by atoms with Gasteiger partial charge in [0.25, 0.3) is 0 Å². The third-order valence-electron chi connectivity index (χ3n) is 2.36. The molecular weight excluding hydrogens is 246 g/mol. The lowest BCUT2D eigenvalue weighted by Crippen LogP contribution is -2.37. The van der Waals surface area contributed by atoms with Crippen LogP contribution in [0, 0.1) is 12.3 Å². The molecule has 1 aromatic rings. The minimum absolute atomic E-state index is 0.0280. The van der Waals surface area contributed by atoms with Crippen LogP contribution in [0.5, 0.6) is 0 Å². The molecule has 4 nitrogen and oxygen atoms in total. The zero-order valence-corrected chi connectivity index (χ0v) is 12.0. The Labute approximate surface area is 112 Å². The number of urea groups is 1. The van der Waals surface area contributed by atoms with Gasteiger partial charge in [0, 0.05) is 10.8 Å². The van der Waals surface area contributed by atoms with Crippen LogP contribution in [0.2, 0.25) is 0 Å². The molecule has 1 rings (SSSR count). The van der Waals surface area contributed by atoms with Crippen LogP contribution in [-0.4, -0.2) is 17.6 Å². The second-order valence-corrected chi connectivity index (χ2v) is 5.96. The number of nitrogens with one attached hydrogen (secondary N) is 2. The Morgan fingerprint density at radius 3 is 2.78 bits per heavy atom. The number of terminal acetylenes is 1. The van der Waals surface area contributed by atoms with Gasteiger partial charge in [-0.15, -0.1) is 17.8 Å². The van der Waals surface area contributed by atoms with E-state index in [2.05, 4.69) is 42.3 Å². The first kappa shape index (κ1) is 14.5. The maximum atomic E-state index is 11.4. The van der Waals surface area contributed by atoms with E-state index < -0.39 is 0 Å². The van der Waals surface area contributed by atoms with Crippen molar-refractivity contribution in [3.8, 4) is 12.3 Å². The Morgan fingerprint density at radius 1 is 1.61 bits per heavy atom. The molecule has 0 saturated heterocycles. The molecule has 0 unspecified atom stereocenters. The molecule has 1 aromatic heterocycles. The predicted molar refractivity (Wildman–Crippen MR) is 74.6 cm³/mol. The Bertz CT molecular complexity index is 454. The standard InChI is InChI=1S/C13H19N3OS/c1-6-7-14-12(17)15-9(2)11-16-10(8-18-11)13(3,4)5/h1,8-9H,7H2,2-5H3,(H2,14,15,17)/t9-/m0/s1. The summed E-state index contributed by atoms with van der Waals surface area (Å²) >= 11 is 1.56. The molecule has 2 N–H and O–H groups in total. The topological polar surface area (TPSA) is 54.0 Å². The van der Waals surface area contributed by atoms with Gasteiger partial charge in [-0.3, -0.25) is 0 Å². The highest BCUT2D eigenvalue weighted by atomic mass is 32.1. The normalized spacial score (nSPS) is 12.6. The first-order valence-corrected chi connectivity index (χ1v) is 6.66. The Hall–Kier alpha value is -1.54. The molecule has 0 aromatic carbocycles. The first-order chi connectivity index (χ1) is 8.34. The zero-order valence-electron chi connectivity index (χ0n) is 11.2. The van der Waals surface area contributed by atoms with E-state index in [4.69, 9.17) is 6.42 Å². The molecule has 2 amide bonds. The van der Waals surface area contributed by atoms with Crippen molar-refractivity contribution in [3.05, 3.63) is 16.1 Å². The van der Waals surface area contributed by atoms with Gasteiger partial charge < -0.3 is 10.6 Å². The lowest BCUT2D eigenvalue weighted by Gasteiger charge is -2.15. The second kappa shape index (κ2) is 5.87. The predicted octanol–water partition coefficient (Wildman–Crippen LogP) is 2.43. The van der Waals surface area contributed by atoms with Gasteiger partial charge in [0.05, 0.1) is 18.3 Å². The third-order valence-corrected chi connectivity index (χ3v) is 3.39. The van der Waals surface area contributed by atoms with Crippen LogP contribution < -0.4 is 10.6 Å². The van der Waals surface area contributed by atoms with Gasteiger partial charge in [-0.05, 0) is 6.92 Å². The summed E-state index contributed by atoms with van der Waals surface area (Å²) in [6, 6.07) is -0.392. The van der Waals surface area contributed by atoms with Crippen LogP contribution in [-0.2, 0) is 5.41 Å². The van der Waals surface area contributed by atoms with Gasteiger partial charge in [0.15, 0.2) is 0 Å². The molecule has 98 valence electrons. The van der Waals surface area contributed by atoms with Gasteiger partial charge in [0.1, 0.15) is 5.01 Å². The molecule has 1 heterocycles. The summed E-state index contributed by atoms with van der Waals surface area (Å²) in [5, 5.41) is 8.29. The van der Waals surface area contributed by atoms with Crippen molar-refractivity contribution in [2.75, 3.05) is 6.54 Å². The number of hydrogen-bond acceptors (Lipinski definition) is 3. The molecule has 0 spiro atoms. The van der Waals surface area contributed by atoms with Gasteiger partial charge in [-0.25, -0.2) is 9.78 Å². The fourth-order valence-electron chi connectivity index (χ4n) is 1.27.